The molecule has 1 amide bonds. The summed E-state index contributed by atoms with van der Waals surface area (Å²) < 4.78 is 3.49. The van der Waals surface area contributed by atoms with Crippen LogP contribution in [0.4, 0.5) is 0 Å². The molecule has 3 aromatic rings. The molecule has 0 bridgehead atoms. The Morgan fingerprint density at radius 2 is 2.00 bits per heavy atom. The van der Waals surface area contributed by atoms with Crippen LogP contribution in [-0.4, -0.2) is 30.2 Å². The Kier molecular flexibility index (Phi) is 5.08. The van der Waals surface area contributed by atoms with Gasteiger partial charge in [0.2, 0.25) is 0 Å². The summed E-state index contributed by atoms with van der Waals surface area (Å²) in [6.07, 6.45) is 5.35. The van der Waals surface area contributed by atoms with Crippen LogP contribution in [0.2, 0.25) is 0 Å². The number of aromatic nitrogens is 5. The molecule has 0 aromatic carbocycles. The van der Waals surface area contributed by atoms with Gasteiger partial charge in [0, 0.05) is 26.2 Å². The molecule has 9 heteroatoms. The van der Waals surface area contributed by atoms with Gasteiger partial charge in [-0.3, -0.25) is 9.59 Å². The molecule has 1 aliphatic heterocycles. The predicted molar refractivity (Wildman–Crippen MR) is 111 cm³/mol. The van der Waals surface area contributed by atoms with Crippen molar-refractivity contribution in [3.05, 3.63) is 49.9 Å². The van der Waals surface area contributed by atoms with Gasteiger partial charge in [0.05, 0.1) is 29.2 Å². The van der Waals surface area contributed by atoms with Crippen molar-refractivity contribution in [2.45, 2.75) is 53.1 Å². The van der Waals surface area contributed by atoms with Crippen molar-refractivity contribution in [2.24, 2.45) is 7.05 Å². The minimum atomic E-state index is -0.211. The normalized spacial score (nSPS) is 13.4. The van der Waals surface area contributed by atoms with Crippen LogP contribution in [0.5, 0.6) is 0 Å². The lowest BCUT2D eigenvalue weighted by atomic mass is 10.1. The van der Waals surface area contributed by atoms with Crippen LogP contribution in [0.1, 0.15) is 51.0 Å². The van der Waals surface area contributed by atoms with E-state index in [1.54, 1.807) is 14.0 Å². The molecule has 0 aliphatic carbocycles. The molecule has 0 unspecified atom stereocenters. The van der Waals surface area contributed by atoms with Crippen molar-refractivity contribution in [2.75, 3.05) is 0 Å². The first-order chi connectivity index (χ1) is 13.8. The van der Waals surface area contributed by atoms with Gasteiger partial charge in [0.25, 0.3) is 11.5 Å². The number of fused-ring (bicyclic) bond motifs is 1. The molecule has 0 saturated carbocycles. The number of rotatable bonds is 4. The number of carbonyl (C=O) groups excluding carboxylic acids is 1. The van der Waals surface area contributed by atoms with Gasteiger partial charge in [0.15, 0.2) is 0 Å². The number of imidazole rings is 1. The number of aryl methyl sites for hydroxylation is 5. The Morgan fingerprint density at radius 1 is 1.21 bits per heavy atom. The van der Waals surface area contributed by atoms with Crippen LogP contribution in [0.25, 0.3) is 10.6 Å². The first-order valence-corrected chi connectivity index (χ1v) is 10.5. The van der Waals surface area contributed by atoms with E-state index in [2.05, 4.69) is 25.0 Å². The first-order valence-electron chi connectivity index (χ1n) is 9.70. The van der Waals surface area contributed by atoms with Crippen molar-refractivity contribution in [1.29, 1.82) is 0 Å². The molecule has 152 valence electrons. The highest BCUT2D eigenvalue weighted by Crippen LogP contribution is 2.28. The molecule has 0 saturated heterocycles. The van der Waals surface area contributed by atoms with Crippen molar-refractivity contribution >= 4 is 17.2 Å². The van der Waals surface area contributed by atoms with Gasteiger partial charge in [-0.25, -0.2) is 14.6 Å². The number of hydrogen-bond donors (Lipinski definition) is 1. The van der Waals surface area contributed by atoms with Crippen LogP contribution < -0.4 is 10.9 Å². The van der Waals surface area contributed by atoms with Gasteiger partial charge in [-0.05, 0) is 39.2 Å². The Balaban J connectivity index is 1.56. The predicted octanol–water partition coefficient (Wildman–Crippen LogP) is 2.29. The highest BCUT2D eigenvalue weighted by atomic mass is 32.1. The van der Waals surface area contributed by atoms with Crippen LogP contribution in [0, 0.1) is 20.8 Å². The SMILES string of the molecule is Cc1nc(-c2c(C)c(C)nn(C)c2=O)sc1C(=O)NCc1cn2c(n1)CCCC2. The lowest BCUT2D eigenvalue weighted by Gasteiger charge is -2.11. The third-order valence-electron chi connectivity index (χ3n) is 5.33. The highest BCUT2D eigenvalue weighted by molar-refractivity contribution is 7.17. The number of hydrogen-bond acceptors (Lipinski definition) is 6. The zero-order valence-corrected chi connectivity index (χ0v) is 17.9. The Hall–Kier alpha value is -2.81. The van der Waals surface area contributed by atoms with Crippen molar-refractivity contribution < 1.29 is 4.79 Å². The van der Waals surface area contributed by atoms with Crippen LogP contribution in [0.15, 0.2) is 11.0 Å². The van der Waals surface area contributed by atoms with E-state index in [0.717, 1.165) is 35.7 Å². The molecular formula is C20H24N6O2S. The second-order valence-electron chi connectivity index (χ2n) is 7.43. The van der Waals surface area contributed by atoms with Crippen LogP contribution >= 0.6 is 11.3 Å². The topological polar surface area (TPSA) is 94.7 Å². The summed E-state index contributed by atoms with van der Waals surface area (Å²) in [7, 11) is 1.62. The fourth-order valence-electron chi connectivity index (χ4n) is 3.62. The van der Waals surface area contributed by atoms with Crippen molar-refractivity contribution in [1.82, 2.24) is 29.6 Å². The number of nitrogens with zero attached hydrogens (tertiary/aromatic N) is 5. The van der Waals surface area contributed by atoms with Gasteiger partial charge in [0.1, 0.15) is 15.7 Å². The largest absolute Gasteiger partial charge is 0.346 e. The van der Waals surface area contributed by atoms with Gasteiger partial charge >= 0.3 is 0 Å². The van der Waals surface area contributed by atoms with E-state index in [-0.39, 0.29) is 11.5 Å². The van der Waals surface area contributed by atoms with E-state index < -0.39 is 0 Å². The summed E-state index contributed by atoms with van der Waals surface area (Å²) in [5.74, 6) is 0.897. The molecule has 1 N–H and O–H groups in total. The number of nitrogens with one attached hydrogen (secondary N) is 1. The van der Waals surface area contributed by atoms with Gasteiger partial charge in [-0.2, -0.15) is 5.10 Å². The molecule has 29 heavy (non-hydrogen) atoms. The third kappa shape index (κ3) is 3.62. The Morgan fingerprint density at radius 3 is 2.76 bits per heavy atom. The summed E-state index contributed by atoms with van der Waals surface area (Å²) in [6, 6.07) is 0. The van der Waals surface area contributed by atoms with E-state index >= 15 is 0 Å². The number of amides is 1. The monoisotopic (exact) mass is 412 g/mol. The Labute approximate surface area is 172 Å². The molecule has 0 spiro atoms. The lowest BCUT2D eigenvalue weighted by Crippen LogP contribution is -2.23. The van der Waals surface area contributed by atoms with Gasteiger partial charge in [-0.15, -0.1) is 11.3 Å². The molecular weight excluding hydrogens is 388 g/mol. The summed E-state index contributed by atoms with van der Waals surface area (Å²) in [4.78, 5) is 35.0. The molecule has 4 heterocycles. The standard InChI is InChI=1S/C20H24N6O2S/c1-11-12(2)24-25(4)20(28)16(11)19-22-13(3)17(29-19)18(27)21-9-14-10-26-8-6-5-7-15(26)23-14/h10H,5-9H2,1-4H3,(H,21,27). The average molecular weight is 413 g/mol. The minimum Gasteiger partial charge on any atom is -0.346 e. The van der Waals surface area contributed by atoms with Crippen molar-refractivity contribution in [3.63, 3.8) is 0 Å². The molecule has 3 aromatic heterocycles. The lowest BCUT2D eigenvalue weighted by molar-refractivity contribution is 0.0953. The fraction of sp³-hybridized carbons (Fsp3) is 0.450. The maximum atomic E-state index is 12.8. The zero-order chi connectivity index (χ0) is 20.7. The molecule has 0 atom stereocenters. The van der Waals surface area contributed by atoms with Gasteiger partial charge in [-0.1, -0.05) is 0 Å². The van der Waals surface area contributed by atoms with Gasteiger partial charge < -0.3 is 9.88 Å². The smallest absolute Gasteiger partial charge is 0.277 e. The molecule has 0 fully saturated rings. The number of carbonyl (C=O) groups is 1. The molecule has 1 aliphatic rings. The van der Waals surface area contributed by atoms with E-state index in [9.17, 15) is 9.59 Å². The maximum absolute atomic E-state index is 12.8. The Bertz CT molecular complexity index is 1130. The van der Waals surface area contributed by atoms with E-state index in [1.807, 2.05) is 20.0 Å². The van der Waals surface area contributed by atoms with E-state index in [0.29, 0.717) is 27.7 Å². The molecule has 8 nitrogen and oxygen atoms in total. The number of thiazole rings is 1. The quantitative estimate of drug-likeness (QED) is 0.709. The van der Waals surface area contributed by atoms with Crippen LogP contribution in [-0.2, 0) is 26.6 Å². The zero-order valence-electron chi connectivity index (χ0n) is 17.1. The minimum absolute atomic E-state index is 0.197. The second-order valence-corrected chi connectivity index (χ2v) is 8.43. The maximum Gasteiger partial charge on any atom is 0.277 e. The van der Waals surface area contributed by atoms with E-state index in [1.165, 1.54) is 28.9 Å². The van der Waals surface area contributed by atoms with Crippen molar-refractivity contribution in [3.8, 4) is 10.6 Å². The van der Waals surface area contributed by atoms with E-state index in [4.69, 9.17) is 0 Å². The molecule has 4 rings (SSSR count). The fourth-order valence-corrected chi connectivity index (χ4v) is 4.70. The summed E-state index contributed by atoms with van der Waals surface area (Å²) >= 11 is 1.24. The first kappa shape index (κ1) is 19.5. The molecule has 0 radical (unpaired) electrons. The summed E-state index contributed by atoms with van der Waals surface area (Å²) in [5.41, 5.74) is 3.34. The summed E-state index contributed by atoms with van der Waals surface area (Å²) in [6.45, 7) is 6.87. The highest BCUT2D eigenvalue weighted by Gasteiger charge is 2.21. The second kappa shape index (κ2) is 7.55. The van der Waals surface area contributed by atoms with Crippen LogP contribution in [0.3, 0.4) is 0 Å². The third-order valence-corrected chi connectivity index (χ3v) is 6.50. The average Bonchev–Trinajstić information content (AvgIpc) is 3.28. The summed E-state index contributed by atoms with van der Waals surface area (Å²) in [5, 5.41) is 7.70.